The predicted octanol–water partition coefficient (Wildman–Crippen LogP) is 6.17. The SMILES string of the molecule is FC(F)(F)c1cc(CC(=S)Cc2ccc(Cl)cc2)ccc1Cl. The summed E-state index contributed by atoms with van der Waals surface area (Å²) in [4.78, 5) is 0.651. The molecular weight excluding hydrogens is 352 g/mol. The van der Waals surface area contributed by atoms with Gasteiger partial charge in [0.25, 0.3) is 0 Å². The fourth-order valence-electron chi connectivity index (χ4n) is 2.02. The lowest BCUT2D eigenvalue weighted by Crippen LogP contribution is -2.09. The maximum Gasteiger partial charge on any atom is 0.417 e. The van der Waals surface area contributed by atoms with Gasteiger partial charge in [0, 0.05) is 22.7 Å². The van der Waals surface area contributed by atoms with E-state index >= 15 is 0 Å². The van der Waals surface area contributed by atoms with E-state index in [0.717, 1.165) is 11.6 Å². The first kappa shape index (κ1) is 17.3. The van der Waals surface area contributed by atoms with E-state index in [2.05, 4.69) is 0 Å². The highest BCUT2D eigenvalue weighted by Crippen LogP contribution is 2.35. The van der Waals surface area contributed by atoms with Crippen molar-refractivity contribution >= 4 is 40.3 Å². The maximum absolute atomic E-state index is 12.8. The molecule has 0 heterocycles. The van der Waals surface area contributed by atoms with Crippen molar-refractivity contribution in [1.29, 1.82) is 0 Å². The summed E-state index contributed by atoms with van der Waals surface area (Å²) in [6, 6.07) is 11.1. The first-order chi connectivity index (χ1) is 10.3. The maximum atomic E-state index is 12.8. The molecule has 22 heavy (non-hydrogen) atoms. The summed E-state index contributed by atoms with van der Waals surface area (Å²) in [5.41, 5.74) is 0.635. The Morgan fingerprint density at radius 1 is 0.909 bits per heavy atom. The van der Waals surface area contributed by atoms with Crippen molar-refractivity contribution in [2.24, 2.45) is 0 Å². The zero-order valence-electron chi connectivity index (χ0n) is 11.3. The van der Waals surface area contributed by atoms with Crippen molar-refractivity contribution in [2.45, 2.75) is 19.0 Å². The van der Waals surface area contributed by atoms with Gasteiger partial charge in [-0.15, -0.1) is 0 Å². The van der Waals surface area contributed by atoms with Crippen LogP contribution in [-0.4, -0.2) is 4.86 Å². The van der Waals surface area contributed by atoms with Gasteiger partial charge in [-0.1, -0.05) is 53.6 Å². The molecule has 0 saturated heterocycles. The topological polar surface area (TPSA) is 0 Å². The van der Waals surface area contributed by atoms with Gasteiger partial charge in [0.05, 0.1) is 10.6 Å². The van der Waals surface area contributed by atoms with Crippen LogP contribution in [0.1, 0.15) is 16.7 Å². The molecule has 0 amide bonds. The second-order valence-electron chi connectivity index (χ2n) is 4.83. The number of alkyl halides is 3. The number of halogens is 5. The third-order valence-electron chi connectivity index (χ3n) is 3.05. The Morgan fingerprint density at radius 2 is 1.45 bits per heavy atom. The Labute approximate surface area is 141 Å². The van der Waals surface area contributed by atoms with Crippen molar-refractivity contribution in [1.82, 2.24) is 0 Å². The minimum Gasteiger partial charge on any atom is -0.166 e. The summed E-state index contributed by atoms with van der Waals surface area (Å²) >= 11 is 16.7. The lowest BCUT2D eigenvalue weighted by molar-refractivity contribution is -0.137. The minimum atomic E-state index is -4.47. The van der Waals surface area contributed by atoms with Gasteiger partial charge in [0.2, 0.25) is 0 Å². The molecule has 116 valence electrons. The van der Waals surface area contributed by atoms with Crippen molar-refractivity contribution in [3.63, 3.8) is 0 Å². The van der Waals surface area contributed by atoms with Gasteiger partial charge in [0.1, 0.15) is 0 Å². The van der Waals surface area contributed by atoms with E-state index < -0.39 is 11.7 Å². The fraction of sp³-hybridized carbons (Fsp3) is 0.188. The smallest absolute Gasteiger partial charge is 0.166 e. The van der Waals surface area contributed by atoms with E-state index in [1.807, 2.05) is 12.1 Å². The predicted molar refractivity (Wildman–Crippen MR) is 87.9 cm³/mol. The van der Waals surface area contributed by atoms with Crippen LogP contribution in [0.4, 0.5) is 13.2 Å². The normalized spacial score (nSPS) is 11.5. The molecule has 0 spiro atoms. The van der Waals surface area contributed by atoms with E-state index in [9.17, 15) is 13.2 Å². The fourth-order valence-corrected chi connectivity index (χ4v) is 2.70. The molecule has 6 heteroatoms. The molecule has 0 fully saturated rings. The van der Waals surface area contributed by atoms with E-state index in [-0.39, 0.29) is 11.4 Å². The third-order valence-corrected chi connectivity index (χ3v) is 3.92. The van der Waals surface area contributed by atoms with Gasteiger partial charge in [-0.3, -0.25) is 0 Å². The zero-order chi connectivity index (χ0) is 16.3. The summed E-state index contributed by atoms with van der Waals surface area (Å²) in [6.07, 6.45) is -3.67. The van der Waals surface area contributed by atoms with E-state index in [0.29, 0.717) is 21.9 Å². The van der Waals surface area contributed by atoms with Crippen molar-refractivity contribution in [2.75, 3.05) is 0 Å². The molecule has 0 saturated carbocycles. The van der Waals surface area contributed by atoms with Crippen LogP contribution in [0, 0.1) is 0 Å². The van der Waals surface area contributed by atoms with Crippen LogP contribution < -0.4 is 0 Å². The average molecular weight is 363 g/mol. The van der Waals surface area contributed by atoms with Crippen molar-refractivity contribution in [3.8, 4) is 0 Å². The highest BCUT2D eigenvalue weighted by molar-refractivity contribution is 7.80. The molecule has 2 aromatic rings. The Bertz CT molecular complexity index is 679. The van der Waals surface area contributed by atoms with Crippen molar-refractivity contribution in [3.05, 3.63) is 69.2 Å². The zero-order valence-corrected chi connectivity index (χ0v) is 13.6. The molecule has 0 nitrogen and oxygen atoms in total. The first-order valence-corrected chi connectivity index (χ1v) is 7.54. The number of thiocarbonyl (C=S) groups is 1. The Kier molecular flexibility index (Phi) is 5.48. The molecule has 0 aliphatic carbocycles. The molecule has 0 bridgehead atoms. The summed E-state index contributed by atoms with van der Waals surface area (Å²) in [5.74, 6) is 0. The molecule has 0 unspecified atom stereocenters. The lowest BCUT2D eigenvalue weighted by Gasteiger charge is -2.11. The van der Waals surface area contributed by atoms with Gasteiger partial charge in [-0.05, 0) is 35.4 Å². The van der Waals surface area contributed by atoms with Gasteiger partial charge in [0.15, 0.2) is 0 Å². The van der Waals surface area contributed by atoms with Crippen LogP contribution in [-0.2, 0) is 19.0 Å². The van der Waals surface area contributed by atoms with Crippen LogP contribution in [0.5, 0.6) is 0 Å². The summed E-state index contributed by atoms with van der Waals surface area (Å²) in [7, 11) is 0. The summed E-state index contributed by atoms with van der Waals surface area (Å²) in [5, 5.41) is 0.321. The van der Waals surface area contributed by atoms with E-state index in [4.69, 9.17) is 35.4 Å². The number of rotatable bonds is 4. The molecule has 0 N–H and O–H groups in total. The second kappa shape index (κ2) is 6.99. The van der Waals surface area contributed by atoms with Gasteiger partial charge in [-0.25, -0.2) is 0 Å². The largest absolute Gasteiger partial charge is 0.417 e. The van der Waals surface area contributed by atoms with Gasteiger partial charge < -0.3 is 0 Å². The summed E-state index contributed by atoms with van der Waals surface area (Å²) < 4.78 is 38.5. The Morgan fingerprint density at radius 3 is 2.05 bits per heavy atom. The van der Waals surface area contributed by atoms with Crippen LogP contribution >= 0.6 is 35.4 Å². The number of benzene rings is 2. The lowest BCUT2D eigenvalue weighted by atomic mass is 10.0. The molecule has 0 aliphatic rings. The second-order valence-corrected chi connectivity index (χ2v) is 6.25. The molecular formula is C16H11Cl2F3S. The van der Waals surface area contributed by atoms with Crippen LogP contribution in [0.15, 0.2) is 42.5 Å². The Balaban J connectivity index is 2.10. The standard InChI is InChI=1S/C16H11Cl2F3S/c17-12-4-1-10(2-5-12)7-13(22)8-11-3-6-15(18)14(9-11)16(19,20)21/h1-6,9H,7-8H2. The molecule has 0 radical (unpaired) electrons. The Hall–Kier alpha value is -1.10. The molecule has 0 aromatic heterocycles. The third kappa shape index (κ3) is 4.70. The first-order valence-electron chi connectivity index (χ1n) is 6.37. The molecule has 0 atom stereocenters. The highest BCUT2D eigenvalue weighted by atomic mass is 35.5. The quantitative estimate of drug-likeness (QED) is 0.586. The molecule has 2 rings (SSSR count). The minimum absolute atomic E-state index is 0.290. The monoisotopic (exact) mass is 362 g/mol. The van der Waals surface area contributed by atoms with Crippen LogP contribution in [0.2, 0.25) is 10.0 Å². The van der Waals surface area contributed by atoms with Crippen molar-refractivity contribution < 1.29 is 13.2 Å². The molecule has 0 aliphatic heterocycles. The summed E-state index contributed by atoms with van der Waals surface area (Å²) in [6.45, 7) is 0. The van der Waals surface area contributed by atoms with Crippen LogP contribution in [0.25, 0.3) is 0 Å². The highest BCUT2D eigenvalue weighted by Gasteiger charge is 2.33. The van der Waals surface area contributed by atoms with E-state index in [1.54, 1.807) is 18.2 Å². The average Bonchev–Trinajstić information content (AvgIpc) is 2.42. The van der Waals surface area contributed by atoms with Gasteiger partial charge in [-0.2, -0.15) is 13.2 Å². The number of hydrogen-bond donors (Lipinski definition) is 0. The van der Waals surface area contributed by atoms with Gasteiger partial charge >= 0.3 is 6.18 Å². The number of hydrogen-bond acceptors (Lipinski definition) is 1. The molecule has 2 aromatic carbocycles. The van der Waals surface area contributed by atoms with E-state index in [1.165, 1.54) is 6.07 Å². The van der Waals surface area contributed by atoms with Crippen LogP contribution in [0.3, 0.4) is 0 Å².